The van der Waals surface area contributed by atoms with Crippen molar-refractivity contribution in [2.75, 3.05) is 6.54 Å². The van der Waals surface area contributed by atoms with Crippen LogP contribution in [0.3, 0.4) is 0 Å². The summed E-state index contributed by atoms with van der Waals surface area (Å²) in [5.41, 5.74) is 1.53. The van der Waals surface area contributed by atoms with E-state index < -0.39 is 0 Å². The molecule has 2 amide bonds. The van der Waals surface area contributed by atoms with Gasteiger partial charge in [0.2, 0.25) is 5.91 Å². The van der Waals surface area contributed by atoms with E-state index in [1.165, 1.54) is 11.8 Å². The first-order valence-electron chi connectivity index (χ1n) is 9.09. The molecule has 0 bridgehead atoms. The number of halogens is 1. The van der Waals surface area contributed by atoms with Gasteiger partial charge in [-0.3, -0.25) is 9.59 Å². The van der Waals surface area contributed by atoms with Crippen LogP contribution in [0.15, 0.2) is 87.3 Å². The average molecular weight is 470 g/mol. The number of benzene rings is 2. The molecule has 29 heavy (non-hydrogen) atoms. The Balaban J connectivity index is 1.50. The van der Waals surface area contributed by atoms with Crippen molar-refractivity contribution < 1.29 is 9.59 Å². The van der Waals surface area contributed by atoms with Crippen molar-refractivity contribution in [2.45, 2.75) is 22.9 Å². The van der Waals surface area contributed by atoms with Gasteiger partial charge in [0.15, 0.2) is 0 Å². The summed E-state index contributed by atoms with van der Waals surface area (Å²) in [6.07, 6.45) is 1.88. The van der Waals surface area contributed by atoms with Gasteiger partial charge in [0.25, 0.3) is 5.91 Å². The summed E-state index contributed by atoms with van der Waals surface area (Å²) in [6.45, 7) is 0.737. The zero-order chi connectivity index (χ0) is 20.5. The molecule has 3 aromatic rings. The van der Waals surface area contributed by atoms with Gasteiger partial charge in [-0.1, -0.05) is 58.0 Å². The smallest absolute Gasteiger partial charge is 0.254 e. The van der Waals surface area contributed by atoms with Gasteiger partial charge in [0.05, 0.1) is 5.56 Å². The summed E-state index contributed by atoms with van der Waals surface area (Å²) in [7, 11) is 0. The lowest BCUT2D eigenvalue weighted by atomic mass is 10.2. The van der Waals surface area contributed by atoms with Gasteiger partial charge in [-0.25, -0.2) is 4.98 Å². The highest BCUT2D eigenvalue weighted by molar-refractivity contribution is 9.10. The quantitative estimate of drug-likeness (QED) is 0.511. The van der Waals surface area contributed by atoms with Gasteiger partial charge in [0, 0.05) is 35.1 Å². The highest BCUT2D eigenvalue weighted by Crippen LogP contribution is 2.29. The molecule has 1 heterocycles. The summed E-state index contributed by atoms with van der Waals surface area (Å²) >= 11 is 4.84. The van der Waals surface area contributed by atoms with Crippen LogP contribution in [0.4, 0.5) is 0 Å². The van der Waals surface area contributed by atoms with Crippen LogP contribution in [0.1, 0.15) is 22.3 Å². The Kier molecular flexibility index (Phi) is 7.84. The van der Waals surface area contributed by atoms with Crippen molar-refractivity contribution in [3.8, 4) is 0 Å². The van der Waals surface area contributed by atoms with Gasteiger partial charge in [-0.2, -0.15) is 0 Å². The normalized spacial score (nSPS) is 10.4. The van der Waals surface area contributed by atoms with Gasteiger partial charge in [-0.15, -0.1) is 0 Å². The minimum absolute atomic E-state index is 0.107. The minimum Gasteiger partial charge on any atom is -0.352 e. The Hall–Kier alpha value is -2.64. The number of nitrogens with zero attached hydrogens (tertiary/aromatic N) is 1. The zero-order valence-electron chi connectivity index (χ0n) is 15.6. The van der Waals surface area contributed by atoms with Crippen molar-refractivity contribution in [1.82, 2.24) is 15.6 Å². The molecule has 1 aromatic heterocycles. The third-order valence-corrected chi connectivity index (χ3v) is 5.57. The van der Waals surface area contributed by atoms with Gasteiger partial charge in [-0.05, 0) is 42.0 Å². The van der Waals surface area contributed by atoms with E-state index in [2.05, 4.69) is 31.5 Å². The second-order valence-electron chi connectivity index (χ2n) is 6.18. The third kappa shape index (κ3) is 6.73. The Bertz CT molecular complexity index is 965. The Morgan fingerprint density at radius 1 is 0.931 bits per heavy atom. The molecule has 0 radical (unpaired) electrons. The topological polar surface area (TPSA) is 71.1 Å². The number of rotatable bonds is 8. The molecule has 0 aliphatic carbocycles. The first-order chi connectivity index (χ1) is 14.1. The number of amides is 2. The Morgan fingerprint density at radius 2 is 1.69 bits per heavy atom. The molecular weight excluding hydrogens is 450 g/mol. The van der Waals surface area contributed by atoms with Crippen LogP contribution in [0.5, 0.6) is 0 Å². The van der Waals surface area contributed by atoms with Crippen LogP contribution in [0.25, 0.3) is 0 Å². The fourth-order valence-electron chi connectivity index (χ4n) is 2.53. The van der Waals surface area contributed by atoms with E-state index in [1.807, 2.05) is 54.6 Å². The highest BCUT2D eigenvalue weighted by atomic mass is 79.9. The van der Waals surface area contributed by atoms with Crippen LogP contribution in [-0.4, -0.2) is 23.3 Å². The molecule has 0 aliphatic rings. The second-order valence-corrected chi connectivity index (χ2v) is 8.16. The molecule has 2 N–H and O–H groups in total. The van der Waals surface area contributed by atoms with Gasteiger partial charge in [0.1, 0.15) is 5.03 Å². The lowest BCUT2D eigenvalue weighted by Crippen LogP contribution is -2.30. The monoisotopic (exact) mass is 469 g/mol. The number of hydrogen-bond donors (Lipinski definition) is 2. The molecule has 7 heteroatoms. The molecule has 3 rings (SSSR count). The summed E-state index contributed by atoms with van der Waals surface area (Å²) in [5.74, 6) is -0.349. The fraction of sp³-hybridized carbons (Fsp3) is 0.136. The van der Waals surface area contributed by atoms with Crippen LogP contribution < -0.4 is 10.6 Å². The van der Waals surface area contributed by atoms with Crippen LogP contribution in [-0.2, 0) is 11.3 Å². The first kappa shape index (κ1) is 21.1. The molecule has 0 saturated heterocycles. The van der Waals surface area contributed by atoms with E-state index in [0.717, 1.165) is 14.9 Å². The van der Waals surface area contributed by atoms with Crippen LogP contribution in [0.2, 0.25) is 0 Å². The van der Waals surface area contributed by atoms with Crippen molar-refractivity contribution in [3.63, 3.8) is 0 Å². The second kappa shape index (κ2) is 10.8. The molecule has 0 atom stereocenters. The van der Waals surface area contributed by atoms with Crippen molar-refractivity contribution in [1.29, 1.82) is 0 Å². The number of carbonyl (C=O) groups is 2. The largest absolute Gasteiger partial charge is 0.352 e. The molecule has 0 unspecified atom stereocenters. The predicted molar refractivity (Wildman–Crippen MR) is 118 cm³/mol. The van der Waals surface area contributed by atoms with E-state index in [4.69, 9.17) is 0 Å². The SMILES string of the molecule is O=C(CCNC(=O)c1cccnc1Sc1ccc(Br)cc1)NCc1ccccc1. The van der Waals surface area contributed by atoms with Crippen molar-refractivity contribution in [3.05, 3.63) is 88.5 Å². The molecule has 2 aromatic carbocycles. The number of pyridine rings is 1. The Labute approximate surface area is 182 Å². The maximum atomic E-state index is 12.6. The van der Waals surface area contributed by atoms with Crippen molar-refractivity contribution in [2.24, 2.45) is 0 Å². The highest BCUT2D eigenvalue weighted by Gasteiger charge is 2.13. The Morgan fingerprint density at radius 3 is 2.45 bits per heavy atom. The number of carbonyl (C=O) groups excluding carboxylic acids is 2. The molecule has 5 nitrogen and oxygen atoms in total. The lowest BCUT2D eigenvalue weighted by Gasteiger charge is -2.09. The maximum Gasteiger partial charge on any atom is 0.254 e. The molecule has 0 spiro atoms. The van der Waals surface area contributed by atoms with Gasteiger partial charge < -0.3 is 10.6 Å². The summed E-state index contributed by atoms with van der Waals surface area (Å²) in [4.78, 5) is 29.9. The fourth-order valence-corrected chi connectivity index (χ4v) is 3.67. The van der Waals surface area contributed by atoms with Gasteiger partial charge >= 0.3 is 0 Å². The van der Waals surface area contributed by atoms with Crippen molar-refractivity contribution >= 4 is 39.5 Å². The number of aromatic nitrogens is 1. The van der Waals surface area contributed by atoms with E-state index in [0.29, 0.717) is 17.1 Å². The minimum atomic E-state index is -0.242. The summed E-state index contributed by atoms with van der Waals surface area (Å²) in [6, 6.07) is 21.0. The standard InChI is InChI=1S/C22H20BrN3O2S/c23-17-8-10-18(11-9-17)29-22-19(7-4-13-25-22)21(28)24-14-12-20(27)26-15-16-5-2-1-3-6-16/h1-11,13H,12,14-15H2,(H,24,28)(H,26,27). The lowest BCUT2D eigenvalue weighted by molar-refractivity contribution is -0.121. The number of hydrogen-bond acceptors (Lipinski definition) is 4. The molecule has 0 fully saturated rings. The van der Waals surface area contributed by atoms with Crippen LogP contribution in [0, 0.1) is 0 Å². The molecule has 0 aliphatic heterocycles. The molecule has 148 valence electrons. The summed E-state index contributed by atoms with van der Waals surface area (Å²) in [5, 5.41) is 6.28. The summed E-state index contributed by atoms with van der Waals surface area (Å²) < 4.78 is 0.992. The maximum absolute atomic E-state index is 12.6. The van der Waals surface area contributed by atoms with Crippen LogP contribution >= 0.6 is 27.7 Å². The number of nitrogens with one attached hydrogen (secondary N) is 2. The first-order valence-corrected chi connectivity index (χ1v) is 10.7. The zero-order valence-corrected chi connectivity index (χ0v) is 18.0. The average Bonchev–Trinajstić information content (AvgIpc) is 2.75. The third-order valence-electron chi connectivity index (χ3n) is 4.01. The van der Waals surface area contributed by atoms with E-state index in [-0.39, 0.29) is 24.8 Å². The molecule has 0 saturated carbocycles. The van der Waals surface area contributed by atoms with E-state index in [1.54, 1.807) is 18.3 Å². The molecular formula is C22H20BrN3O2S. The predicted octanol–water partition coefficient (Wildman–Crippen LogP) is 4.43. The van der Waals surface area contributed by atoms with E-state index in [9.17, 15) is 9.59 Å². The van der Waals surface area contributed by atoms with E-state index >= 15 is 0 Å².